The van der Waals surface area contributed by atoms with E-state index in [1.807, 2.05) is 13.0 Å². The van der Waals surface area contributed by atoms with Crippen LogP contribution in [0.5, 0.6) is 0 Å². The third kappa shape index (κ3) is 4.23. The molecule has 0 aliphatic carbocycles. The number of carbonyl (C=O) groups excluding carboxylic acids is 1. The van der Waals surface area contributed by atoms with Gasteiger partial charge in [0.15, 0.2) is 0 Å². The number of halogens is 1. The summed E-state index contributed by atoms with van der Waals surface area (Å²) in [6.45, 7) is 2.17. The van der Waals surface area contributed by atoms with Crippen molar-refractivity contribution in [3.05, 3.63) is 35.1 Å². The molecule has 1 aromatic rings. The third-order valence-electron chi connectivity index (χ3n) is 2.42. The van der Waals surface area contributed by atoms with E-state index in [2.05, 4.69) is 5.32 Å². The molecule has 1 aromatic carbocycles. The van der Waals surface area contributed by atoms with Gasteiger partial charge in [-0.3, -0.25) is 4.79 Å². The van der Waals surface area contributed by atoms with Crippen LogP contribution >= 0.6 is 0 Å². The Morgan fingerprint density at radius 3 is 2.88 bits per heavy atom. The molecule has 0 atom stereocenters. The van der Waals surface area contributed by atoms with Crippen molar-refractivity contribution in [2.45, 2.75) is 32.7 Å². The number of nitriles is 1. The molecule has 90 valence electrons. The van der Waals surface area contributed by atoms with Crippen molar-refractivity contribution in [2.24, 2.45) is 0 Å². The summed E-state index contributed by atoms with van der Waals surface area (Å²) in [5.41, 5.74) is 0.678. The minimum atomic E-state index is -0.458. The van der Waals surface area contributed by atoms with Crippen molar-refractivity contribution in [1.29, 1.82) is 5.26 Å². The summed E-state index contributed by atoms with van der Waals surface area (Å²) in [5.74, 6) is -0.532. The highest BCUT2D eigenvalue weighted by atomic mass is 19.1. The van der Waals surface area contributed by atoms with Crippen LogP contribution in [0.15, 0.2) is 18.2 Å². The molecule has 0 aliphatic rings. The first-order valence-corrected chi connectivity index (χ1v) is 5.62. The molecule has 0 radical (unpaired) electrons. The summed E-state index contributed by atoms with van der Waals surface area (Å²) in [7, 11) is 0. The molecular weight excluding hydrogens is 219 g/mol. The predicted octanol–water partition coefficient (Wildman–Crippen LogP) is 2.50. The van der Waals surface area contributed by atoms with Gasteiger partial charge >= 0.3 is 0 Å². The summed E-state index contributed by atoms with van der Waals surface area (Å²) in [4.78, 5) is 11.3. The minimum Gasteiger partial charge on any atom is -0.352 e. The SMILES string of the molecule is CCCCC(=O)NCc1ccc(C#N)cc1F. The first-order chi connectivity index (χ1) is 8.17. The van der Waals surface area contributed by atoms with E-state index in [1.165, 1.54) is 18.2 Å². The number of unbranched alkanes of at least 4 members (excludes halogenated alkanes) is 1. The van der Waals surface area contributed by atoms with Gasteiger partial charge < -0.3 is 5.32 Å². The number of carbonyl (C=O) groups is 1. The first-order valence-electron chi connectivity index (χ1n) is 5.62. The van der Waals surface area contributed by atoms with E-state index < -0.39 is 5.82 Å². The van der Waals surface area contributed by atoms with Crippen LogP contribution in [0.4, 0.5) is 4.39 Å². The summed E-state index contributed by atoms with van der Waals surface area (Å²) >= 11 is 0. The topological polar surface area (TPSA) is 52.9 Å². The molecule has 0 bridgehead atoms. The lowest BCUT2D eigenvalue weighted by atomic mass is 10.1. The van der Waals surface area contributed by atoms with Crippen molar-refractivity contribution in [1.82, 2.24) is 5.32 Å². The molecule has 0 saturated heterocycles. The van der Waals surface area contributed by atoms with E-state index in [0.717, 1.165) is 12.8 Å². The largest absolute Gasteiger partial charge is 0.352 e. The van der Waals surface area contributed by atoms with Crippen molar-refractivity contribution in [3.63, 3.8) is 0 Å². The van der Waals surface area contributed by atoms with Gasteiger partial charge in [0.2, 0.25) is 5.91 Å². The molecule has 0 heterocycles. The average molecular weight is 234 g/mol. The fourth-order valence-electron chi connectivity index (χ4n) is 1.38. The maximum absolute atomic E-state index is 13.4. The smallest absolute Gasteiger partial charge is 0.220 e. The zero-order chi connectivity index (χ0) is 12.7. The van der Waals surface area contributed by atoms with Crippen LogP contribution in [0.3, 0.4) is 0 Å². The van der Waals surface area contributed by atoms with E-state index in [0.29, 0.717) is 12.0 Å². The lowest BCUT2D eigenvalue weighted by Gasteiger charge is -2.06. The lowest BCUT2D eigenvalue weighted by Crippen LogP contribution is -2.22. The molecule has 0 aliphatic heterocycles. The standard InChI is InChI=1S/C13H15FN2O/c1-2-3-4-13(17)16-9-11-6-5-10(8-15)7-12(11)14/h5-7H,2-4,9H2,1H3,(H,16,17). The Kier molecular flexibility index (Phi) is 5.15. The van der Waals surface area contributed by atoms with Crippen molar-refractivity contribution >= 4 is 5.91 Å². The predicted molar refractivity (Wildman–Crippen MR) is 62.5 cm³/mol. The van der Waals surface area contributed by atoms with Gasteiger partial charge in [-0.25, -0.2) is 4.39 Å². The molecular formula is C13H15FN2O. The maximum atomic E-state index is 13.4. The molecule has 0 saturated carbocycles. The second-order valence-corrected chi connectivity index (χ2v) is 3.80. The monoisotopic (exact) mass is 234 g/mol. The number of benzene rings is 1. The third-order valence-corrected chi connectivity index (χ3v) is 2.42. The van der Waals surface area contributed by atoms with E-state index >= 15 is 0 Å². The van der Waals surface area contributed by atoms with E-state index in [9.17, 15) is 9.18 Å². The summed E-state index contributed by atoms with van der Waals surface area (Å²) in [6.07, 6.45) is 2.26. The van der Waals surface area contributed by atoms with Crippen LogP contribution in [0, 0.1) is 17.1 Å². The van der Waals surface area contributed by atoms with Gasteiger partial charge in [-0.05, 0) is 18.6 Å². The molecule has 0 aromatic heterocycles. The van der Waals surface area contributed by atoms with E-state index in [4.69, 9.17) is 5.26 Å². The van der Waals surface area contributed by atoms with Gasteiger partial charge in [0.25, 0.3) is 0 Å². The molecule has 1 amide bonds. The van der Waals surface area contributed by atoms with Crippen LogP contribution in [-0.4, -0.2) is 5.91 Å². The number of rotatable bonds is 5. The Labute approximate surface area is 100 Å². The fourth-order valence-corrected chi connectivity index (χ4v) is 1.38. The Morgan fingerprint density at radius 1 is 1.53 bits per heavy atom. The van der Waals surface area contributed by atoms with Crippen LogP contribution in [0.25, 0.3) is 0 Å². The van der Waals surface area contributed by atoms with Crippen molar-refractivity contribution in [2.75, 3.05) is 0 Å². The van der Waals surface area contributed by atoms with Crippen LogP contribution in [-0.2, 0) is 11.3 Å². The second-order valence-electron chi connectivity index (χ2n) is 3.80. The Bertz CT molecular complexity index is 438. The molecule has 17 heavy (non-hydrogen) atoms. The summed E-state index contributed by atoms with van der Waals surface area (Å²) < 4.78 is 13.4. The number of amides is 1. The Hall–Kier alpha value is -1.89. The van der Waals surface area contributed by atoms with Gasteiger partial charge in [0.1, 0.15) is 5.82 Å². The van der Waals surface area contributed by atoms with Gasteiger partial charge in [0.05, 0.1) is 11.6 Å². The average Bonchev–Trinajstić information content (AvgIpc) is 2.34. The number of hydrogen-bond acceptors (Lipinski definition) is 2. The molecule has 1 N–H and O–H groups in total. The normalized spacial score (nSPS) is 9.71. The molecule has 0 fully saturated rings. The maximum Gasteiger partial charge on any atom is 0.220 e. The van der Waals surface area contributed by atoms with E-state index in [1.54, 1.807) is 0 Å². The van der Waals surface area contributed by atoms with Crippen molar-refractivity contribution in [3.8, 4) is 6.07 Å². The molecule has 4 heteroatoms. The first kappa shape index (κ1) is 13.2. The van der Waals surface area contributed by atoms with E-state index in [-0.39, 0.29) is 18.0 Å². The number of hydrogen-bond donors (Lipinski definition) is 1. The summed E-state index contributed by atoms with van der Waals surface area (Å²) in [5, 5.41) is 11.2. The Morgan fingerprint density at radius 2 is 2.29 bits per heavy atom. The lowest BCUT2D eigenvalue weighted by molar-refractivity contribution is -0.121. The zero-order valence-electron chi connectivity index (χ0n) is 9.79. The molecule has 0 spiro atoms. The molecule has 1 rings (SSSR count). The minimum absolute atomic E-state index is 0.0735. The zero-order valence-corrected chi connectivity index (χ0v) is 9.79. The van der Waals surface area contributed by atoms with Gasteiger partial charge in [-0.2, -0.15) is 5.26 Å². The second kappa shape index (κ2) is 6.64. The molecule has 3 nitrogen and oxygen atoms in total. The Balaban J connectivity index is 2.52. The van der Waals surface area contributed by atoms with Crippen LogP contribution in [0.2, 0.25) is 0 Å². The highest BCUT2D eigenvalue weighted by Crippen LogP contribution is 2.09. The fraction of sp³-hybridized carbons (Fsp3) is 0.385. The van der Waals surface area contributed by atoms with Crippen LogP contribution in [0.1, 0.15) is 37.3 Å². The molecule has 0 unspecified atom stereocenters. The van der Waals surface area contributed by atoms with Crippen molar-refractivity contribution < 1.29 is 9.18 Å². The highest BCUT2D eigenvalue weighted by molar-refractivity contribution is 5.75. The number of nitrogens with zero attached hydrogens (tertiary/aromatic N) is 1. The van der Waals surface area contributed by atoms with Gasteiger partial charge in [-0.15, -0.1) is 0 Å². The van der Waals surface area contributed by atoms with Gasteiger partial charge in [-0.1, -0.05) is 19.4 Å². The summed E-state index contributed by atoms with van der Waals surface area (Å²) in [6, 6.07) is 6.09. The number of nitrogens with one attached hydrogen (secondary N) is 1. The van der Waals surface area contributed by atoms with Crippen LogP contribution < -0.4 is 5.32 Å². The quantitative estimate of drug-likeness (QED) is 0.851. The highest BCUT2D eigenvalue weighted by Gasteiger charge is 2.05. The van der Waals surface area contributed by atoms with Gasteiger partial charge in [0, 0.05) is 18.5 Å².